The predicted molar refractivity (Wildman–Crippen MR) is 76.5 cm³/mol. The SMILES string of the molecule is Cc1c(O)cccc1-c1nc(-c2ccc(F)cc2Cl)no1. The van der Waals surface area contributed by atoms with Gasteiger partial charge in [-0.25, -0.2) is 4.39 Å². The lowest BCUT2D eigenvalue weighted by atomic mass is 10.1. The molecular formula is C15H10ClFN2O2. The van der Waals surface area contributed by atoms with Crippen molar-refractivity contribution in [2.75, 3.05) is 0 Å². The maximum atomic E-state index is 13.1. The zero-order valence-electron chi connectivity index (χ0n) is 11.0. The first-order valence-electron chi connectivity index (χ1n) is 6.14. The molecule has 4 nitrogen and oxygen atoms in total. The molecule has 0 atom stereocenters. The molecule has 0 amide bonds. The van der Waals surface area contributed by atoms with Gasteiger partial charge < -0.3 is 9.63 Å². The Balaban J connectivity index is 2.06. The van der Waals surface area contributed by atoms with Crippen LogP contribution in [0.4, 0.5) is 4.39 Å². The van der Waals surface area contributed by atoms with E-state index in [0.717, 1.165) is 0 Å². The van der Waals surface area contributed by atoms with Crippen molar-refractivity contribution in [3.05, 3.63) is 52.8 Å². The van der Waals surface area contributed by atoms with Gasteiger partial charge in [0.25, 0.3) is 5.89 Å². The molecule has 0 saturated carbocycles. The van der Waals surface area contributed by atoms with Gasteiger partial charge in [-0.1, -0.05) is 22.8 Å². The number of nitrogens with zero attached hydrogens (tertiary/aromatic N) is 2. The number of benzene rings is 2. The van der Waals surface area contributed by atoms with Crippen molar-refractivity contribution in [3.8, 4) is 28.6 Å². The molecule has 1 heterocycles. The van der Waals surface area contributed by atoms with Crippen LogP contribution in [0.1, 0.15) is 5.56 Å². The minimum absolute atomic E-state index is 0.145. The van der Waals surface area contributed by atoms with Crippen molar-refractivity contribution in [1.82, 2.24) is 10.1 Å². The second-order valence-corrected chi connectivity index (χ2v) is 4.90. The summed E-state index contributed by atoms with van der Waals surface area (Å²) in [5.74, 6) is 0.236. The van der Waals surface area contributed by atoms with E-state index >= 15 is 0 Å². The van der Waals surface area contributed by atoms with Gasteiger partial charge in [0.2, 0.25) is 5.82 Å². The van der Waals surface area contributed by atoms with E-state index in [2.05, 4.69) is 10.1 Å². The summed E-state index contributed by atoms with van der Waals surface area (Å²) in [6.07, 6.45) is 0. The molecule has 106 valence electrons. The first-order valence-corrected chi connectivity index (χ1v) is 6.52. The van der Waals surface area contributed by atoms with Crippen LogP contribution >= 0.6 is 11.6 Å². The average molecular weight is 305 g/mol. The largest absolute Gasteiger partial charge is 0.508 e. The number of phenolic OH excluding ortho intramolecular Hbond substituents is 1. The fourth-order valence-corrected chi connectivity index (χ4v) is 2.22. The Morgan fingerprint density at radius 2 is 2.00 bits per heavy atom. The lowest BCUT2D eigenvalue weighted by Crippen LogP contribution is -1.86. The van der Waals surface area contributed by atoms with Gasteiger partial charge in [0.1, 0.15) is 11.6 Å². The number of rotatable bonds is 2. The molecule has 0 aliphatic heterocycles. The summed E-state index contributed by atoms with van der Waals surface area (Å²) in [6, 6.07) is 8.98. The second-order valence-electron chi connectivity index (χ2n) is 4.50. The van der Waals surface area contributed by atoms with E-state index in [-0.39, 0.29) is 22.5 Å². The highest BCUT2D eigenvalue weighted by atomic mass is 35.5. The monoisotopic (exact) mass is 304 g/mol. The highest BCUT2D eigenvalue weighted by Crippen LogP contribution is 2.31. The van der Waals surface area contributed by atoms with Crippen LogP contribution in [0.3, 0.4) is 0 Å². The maximum Gasteiger partial charge on any atom is 0.258 e. The molecule has 2 aromatic carbocycles. The minimum atomic E-state index is -0.434. The maximum absolute atomic E-state index is 13.1. The number of aromatic hydroxyl groups is 1. The second kappa shape index (κ2) is 5.18. The zero-order chi connectivity index (χ0) is 15.0. The van der Waals surface area contributed by atoms with Crippen LogP contribution in [0.25, 0.3) is 22.8 Å². The van der Waals surface area contributed by atoms with E-state index in [9.17, 15) is 9.50 Å². The zero-order valence-corrected chi connectivity index (χ0v) is 11.7. The first kappa shape index (κ1) is 13.6. The smallest absolute Gasteiger partial charge is 0.258 e. The molecule has 1 aromatic heterocycles. The number of aromatic nitrogens is 2. The van der Waals surface area contributed by atoms with Gasteiger partial charge in [-0.05, 0) is 37.3 Å². The predicted octanol–water partition coefficient (Wildman–Crippen LogP) is 4.21. The van der Waals surface area contributed by atoms with Gasteiger partial charge in [0.15, 0.2) is 0 Å². The number of hydrogen-bond donors (Lipinski definition) is 1. The van der Waals surface area contributed by atoms with Crippen LogP contribution in [0.2, 0.25) is 5.02 Å². The van der Waals surface area contributed by atoms with Gasteiger partial charge in [0.05, 0.1) is 5.02 Å². The summed E-state index contributed by atoms with van der Waals surface area (Å²) in [6.45, 7) is 1.75. The summed E-state index contributed by atoms with van der Waals surface area (Å²) >= 11 is 5.97. The van der Waals surface area contributed by atoms with Crippen molar-refractivity contribution in [1.29, 1.82) is 0 Å². The molecule has 0 saturated heterocycles. The molecule has 1 N–H and O–H groups in total. The number of phenols is 1. The van der Waals surface area contributed by atoms with Crippen molar-refractivity contribution in [2.45, 2.75) is 6.92 Å². The molecule has 0 unspecified atom stereocenters. The Hall–Kier alpha value is -2.40. The van der Waals surface area contributed by atoms with Crippen LogP contribution in [-0.2, 0) is 0 Å². The molecule has 0 aliphatic carbocycles. The third-order valence-electron chi connectivity index (χ3n) is 3.13. The summed E-state index contributed by atoms with van der Waals surface area (Å²) in [5.41, 5.74) is 1.75. The fourth-order valence-electron chi connectivity index (χ4n) is 1.97. The summed E-state index contributed by atoms with van der Waals surface area (Å²) < 4.78 is 18.3. The summed E-state index contributed by atoms with van der Waals surface area (Å²) in [7, 11) is 0. The van der Waals surface area contributed by atoms with Crippen molar-refractivity contribution in [3.63, 3.8) is 0 Å². The Morgan fingerprint density at radius 1 is 1.19 bits per heavy atom. The van der Waals surface area contributed by atoms with E-state index in [1.165, 1.54) is 18.2 Å². The normalized spacial score (nSPS) is 10.8. The van der Waals surface area contributed by atoms with Crippen molar-refractivity contribution < 1.29 is 14.0 Å². The quantitative estimate of drug-likeness (QED) is 0.770. The molecule has 3 aromatic rings. The Labute approximate surface area is 124 Å². The Kier molecular flexibility index (Phi) is 3.35. The molecule has 3 rings (SSSR count). The van der Waals surface area contributed by atoms with E-state index < -0.39 is 5.82 Å². The van der Waals surface area contributed by atoms with E-state index in [0.29, 0.717) is 16.7 Å². The van der Waals surface area contributed by atoms with Crippen molar-refractivity contribution >= 4 is 11.6 Å². The third-order valence-corrected chi connectivity index (χ3v) is 3.45. The number of hydrogen-bond acceptors (Lipinski definition) is 4. The van der Waals surface area contributed by atoms with Crippen molar-refractivity contribution in [2.24, 2.45) is 0 Å². The summed E-state index contributed by atoms with van der Waals surface area (Å²) in [5, 5.41) is 13.8. The Bertz CT molecular complexity index is 817. The van der Waals surface area contributed by atoms with Crippen LogP contribution in [0, 0.1) is 12.7 Å². The van der Waals surface area contributed by atoms with E-state index in [1.807, 2.05) is 0 Å². The van der Waals surface area contributed by atoms with Gasteiger partial charge in [-0.3, -0.25) is 0 Å². The highest BCUT2D eigenvalue weighted by molar-refractivity contribution is 6.33. The van der Waals surface area contributed by atoms with Crippen LogP contribution < -0.4 is 0 Å². The fraction of sp³-hybridized carbons (Fsp3) is 0.0667. The summed E-state index contributed by atoms with van der Waals surface area (Å²) in [4.78, 5) is 4.25. The number of halogens is 2. The van der Waals surface area contributed by atoms with Crippen LogP contribution in [0.15, 0.2) is 40.9 Å². The van der Waals surface area contributed by atoms with Crippen LogP contribution in [0.5, 0.6) is 5.75 Å². The molecule has 0 fully saturated rings. The highest BCUT2D eigenvalue weighted by Gasteiger charge is 2.16. The van der Waals surface area contributed by atoms with Crippen LogP contribution in [-0.4, -0.2) is 15.2 Å². The molecule has 0 spiro atoms. The average Bonchev–Trinajstić information content (AvgIpc) is 2.91. The van der Waals surface area contributed by atoms with E-state index in [1.54, 1.807) is 25.1 Å². The molecule has 0 aliphatic rings. The third kappa shape index (κ3) is 2.48. The lowest BCUT2D eigenvalue weighted by molar-refractivity contribution is 0.431. The molecule has 21 heavy (non-hydrogen) atoms. The topological polar surface area (TPSA) is 59.2 Å². The molecule has 6 heteroatoms. The van der Waals surface area contributed by atoms with Gasteiger partial charge >= 0.3 is 0 Å². The van der Waals surface area contributed by atoms with Gasteiger partial charge in [-0.2, -0.15) is 4.98 Å². The molecular weight excluding hydrogens is 295 g/mol. The minimum Gasteiger partial charge on any atom is -0.508 e. The Morgan fingerprint density at radius 3 is 2.76 bits per heavy atom. The van der Waals surface area contributed by atoms with Gasteiger partial charge in [-0.15, -0.1) is 0 Å². The molecule has 0 radical (unpaired) electrons. The van der Waals surface area contributed by atoms with Gasteiger partial charge in [0, 0.05) is 16.7 Å². The standard InChI is InChI=1S/C15H10ClFN2O2/c1-8-10(3-2-4-13(8)20)15-18-14(19-21-15)11-6-5-9(17)7-12(11)16/h2-7,20H,1H3. The lowest BCUT2D eigenvalue weighted by Gasteiger charge is -2.02. The first-order chi connectivity index (χ1) is 10.1. The molecule has 0 bridgehead atoms. The van der Waals surface area contributed by atoms with E-state index in [4.69, 9.17) is 16.1 Å².